The van der Waals surface area contributed by atoms with E-state index in [1.165, 1.54) is 11.1 Å². The normalized spacial score (nSPS) is 11.8. The predicted molar refractivity (Wildman–Crippen MR) is 75.3 cm³/mol. The number of nitrogens with zero attached hydrogens (tertiary/aromatic N) is 1. The van der Waals surface area contributed by atoms with Gasteiger partial charge in [0.25, 0.3) is 0 Å². The van der Waals surface area contributed by atoms with Crippen molar-refractivity contribution in [2.75, 3.05) is 0 Å². The third-order valence-electron chi connectivity index (χ3n) is 3.20. The van der Waals surface area contributed by atoms with Crippen molar-refractivity contribution in [1.82, 2.24) is 0 Å². The van der Waals surface area contributed by atoms with Crippen LogP contribution in [0.25, 0.3) is 4.85 Å². The van der Waals surface area contributed by atoms with Crippen LogP contribution in [0.1, 0.15) is 29.7 Å². The first-order valence-electron chi connectivity index (χ1n) is 6.29. The Bertz CT molecular complexity index is 520. The van der Waals surface area contributed by atoms with Gasteiger partial charge in [-0.1, -0.05) is 54.6 Å². The monoisotopic (exact) mass is 235 g/mol. The summed E-state index contributed by atoms with van der Waals surface area (Å²) in [5.74, 6) is 0. The largest absolute Gasteiger partial charge is 0.309 e. The van der Waals surface area contributed by atoms with Gasteiger partial charge in [0.1, 0.15) is 0 Å². The minimum Gasteiger partial charge on any atom is -0.309 e. The molecule has 1 atom stereocenters. The Morgan fingerprint density at radius 1 is 0.889 bits per heavy atom. The summed E-state index contributed by atoms with van der Waals surface area (Å²) in [7, 11) is 0. The van der Waals surface area contributed by atoms with Crippen molar-refractivity contribution in [1.29, 1.82) is 0 Å². The molecule has 0 fully saturated rings. The summed E-state index contributed by atoms with van der Waals surface area (Å²) in [6, 6.07) is 18.9. The average Bonchev–Trinajstić information content (AvgIpc) is 2.46. The van der Waals surface area contributed by atoms with E-state index in [2.05, 4.69) is 53.4 Å². The molecule has 0 aliphatic rings. The summed E-state index contributed by atoms with van der Waals surface area (Å²) < 4.78 is 0. The molecule has 0 heterocycles. The fraction of sp³-hybridized carbons (Fsp3) is 0.235. The highest BCUT2D eigenvalue weighted by molar-refractivity contribution is 5.27. The average molecular weight is 235 g/mol. The summed E-state index contributed by atoms with van der Waals surface area (Å²) in [6.07, 6.45) is 2.12. The molecule has 0 aliphatic carbocycles. The van der Waals surface area contributed by atoms with Crippen molar-refractivity contribution in [2.45, 2.75) is 25.8 Å². The van der Waals surface area contributed by atoms with Crippen molar-refractivity contribution in [2.24, 2.45) is 0 Å². The second-order valence-electron chi connectivity index (χ2n) is 4.53. The molecule has 2 aromatic rings. The van der Waals surface area contributed by atoms with Crippen LogP contribution in [0.15, 0.2) is 54.6 Å². The standard InChI is InChI=1S/C17H17N/c1-14(18-2)17-12-10-16(11-13-17)9-8-15-6-4-3-5-7-15/h3-7,10-14H,8-9H2,1H3. The van der Waals surface area contributed by atoms with Gasteiger partial charge in [-0.2, -0.15) is 0 Å². The van der Waals surface area contributed by atoms with E-state index in [-0.39, 0.29) is 6.04 Å². The van der Waals surface area contributed by atoms with Crippen LogP contribution in [0, 0.1) is 6.57 Å². The lowest BCUT2D eigenvalue weighted by atomic mass is 10.0. The van der Waals surface area contributed by atoms with Gasteiger partial charge in [-0.3, -0.25) is 0 Å². The molecule has 0 bridgehead atoms. The molecule has 2 aromatic carbocycles. The molecule has 2 rings (SSSR count). The van der Waals surface area contributed by atoms with Gasteiger partial charge in [-0.15, -0.1) is 0 Å². The quantitative estimate of drug-likeness (QED) is 0.689. The highest BCUT2D eigenvalue weighted by Gasteiger charge is 2.07. The molecule has 0 aromatic heterocycles. The molecule has 0 radical (unpaired) electrons. The third-order valence-corrected chi connectivity index (χ3v) is 3.20. The first-order valence-corrected chi connectivity index (χ1v) is 6.29. The maximum Gasteiger partial charge on any atom is 0.245 e. The number of benzene rings is 2. The highest BCUT2D eigenvalue weighted by atomic mass is 14.7. The van der Waals surface area contributed by atoms with E-state index in [1.807, 2.05) is 13.0 Å². The van der Waals surface area contributed by atoms with E-state index in [4.69, 9.17) is 6.57 Å². The summed E-state index contributed by atoms with van der Waals surface area (Å²) in [5, 5.41) is 0. The van der Waals surface area contributed by atoms with E-state index in [9.17, 15) is 0 Å². The van der Waals surface area contributed by atoms with Gasteiger partial charge in [-0.05, 0) is 24.0 Å². The van der Waals surface area contributed by atoms with Crippen molar-refractivity contribution < 1.29 is 0 Å². The highest BCUT2D eigenvalue weighted by Crippen LogP contribution is 2.17. The number of hydrogen-bond donors (Lipinski definition) is 0. The molecule has 0 spiro atoms. The number of rotatable bonds is 4. The van der Waals surface area contributed by atoms with Crippen molar-refractivity contribution in [3.05, 3.63) is 82.7 Å². The Labute approximate surface area is 109 Å². The maximum atomic E-state index is 7.02. The fourth-order valence-corrected chi connectivity index (χ4v) is 1.97. The van der Waals surface area contributed by atoms with Crippen LogP contribution in [0.3, 0.4) is 0 Å². The molecule has 1 nitrogen and oxygen atoms in total. The third kappa shape index (κ3) is 3.21. The van der Waals surface area contributed by atoms with E-state index in [0.29, 0.717) is 0 Å². The maximum absolute atomic E-state index is 7.02. The van der Waals surface area contributed by atoms with Crippen molar-refractivity contribution >= 4 is 0 Å². The molecule has 90 valence electrons. The Morgan fingerprint density at radius 3 is 2.00 bits per heavy atom. The van der Waals surface area contributed by atoms with E-state index >= 15 is 0 Å². The van der Waals surface area contributed by atoms with Crippen LogP contribution in [-0.4, -0.2) is 0 Å². The molecule has 0 saturated heterocycles. The summed E-state index contributed by atoms with van der Waals surface area (Å²) in [4.78, 5) is 3.53. The molecule has 18 heavy (non-hydrogen) atoms. The Morgan fingerprint density at radius 2 is 1.44 bits per heavy atom. The zero-order valence-electron chi connectivity index (χ0n) is 10.6. The van der Waals surface area contributed by atoms with Gasteiger partial charge in [0.05, 0.1) is 0 Å². The Kier molecular flexibility index (Phi) is 4.15. The lowest BCUT2D eigenvalue weighted by Crippen LogP contribution is -1.92. The van der Waals surface area contributed by atoms with Gasteiger partial charge in [0, 0.05) is 12.5 Å². The summed E-state index contributed by atoms with van der Waals surface area (Å²) in [6.45, 7) is 8.95. The lowest BCUT2D eigenvalue weighted by Gasteiger charge is -2.04. The number of aryl methyl sites for hydroxylation is 2. The predicted octanol–water partition coefficient (Wildman–Crippen LogP) is 4.45. The zero-order valence-corrected chi connectivity index (χ0v) is 10.6. The zero-order chi connectivity index (χ0) is 12.8. The molecule has 0 aliphatic heterocycles. The van der Waals surface area contributed by atoms with Crippen LogP contribution in [0.4, 0.5) is 0 Å². The van der Waals surface area contributed by atoms with Crippen LogP contribution >= 0.6 is 0 Å². The first kappa shape index (κ1) is 12.4. The summed E-state index contributed by atoms with van der Waals surface area (Å²) in [5.41, 5.74) is 3.81. The minimum absolute atomic E-state index is 0.0341. The molecule has 1 heteroatoms. The van der Waals surface area contributed by atoms with Crippen molar-refractivity contribution in [3.8, 4) is 0 Å². The molecular weight excluding hydrogens is 218 g/mol. The number of hydrogen-bond acceptors (Lipinski definition) is 0. The second-order valence-corrected chi connectivity index (χ2v) is 4.53. The SMILES string of the molecule is [C-]#[N+]C(C)c1ccc(CCc2ccccc2)cc1. The minimum atomic E-state index is -0.0341. The lowest BCUT2D eigenvalue weighted by molar-refractivity contribution is 0.937. The van der Waals surface area contributed by atoms with Gasteiger partial charge in [0.15, 0.2) is 0 Å². The Hall–Kier alpha value is -2.07. The van der Waals surface area contributed by atoms with Crippen LogP contribution < -0.4 is 0 Å². The van der Waals surface area contributed by atoms with Crippen molar-refractivity contribution in [3.63, 3.8) is 0 Å². The van der Waals surface area contributed by atoms with Gasteiger partial charge >= 0.3 is 0 Å². The smallest absolute Gasteiger partial charge is 0.245 e. The topological polar surface area (TPSA) is 4.36 Å². The molecule has 0 amide bonds. The molecule has 1 unspecified atom stereocenters. The van der Waals surface area contributed by atoms with E-state index < -0.39 is 0 Å². The molecule has 0 N–H and O–H groups in total. The van der Waals surface area contributed by atoms with E-state index in [1.54, 1.807) is 0 Å². The molecule has 0 saturated carbocycles. The van der Waals surface area contributed by atoms with Crippen LogP contribution in [-0.2, 0) is 12.8 Å². The van der Waals surface area contributed by atoms with Gasteiger partial charge in [-0.25, -0.2) is 6.57 Å². The van der Waals surface area contributed by atoms with E-state index in [0.717, 1.165) is 18.4 Å². The fourth-order valence-electron chi connectivity index (χ4n) is 1.97. The van der Waals surface area contributed by atoms with Gasteiger partial charge in [0.2, 0.25) is 6.04 Å². The van der Waals surface area contributed by atoms with Gasteiger partial charge < -0.3 is 4.85 Å². The van der Waals surface area contributed by atoms with Crippen LogP contribution in [0.5, 0.6) is 0 Å². The summed E-state index contributed by atoms with van der Waals surface area (Å²) >= 11 is 0. The van der Waals surface area contributed by atoms with Crippen LogP contribution in [0.2, 0.25) is 0 Å². The molecular formula is C17H17N. The first-order chi connectivity index (χ1) is 8.79. The second kappa shape index (κ2) is 6.02. The Balaban J connectivity index is 1.97.